The molecule has 2 aromatic heterocycles. The molecule has 122 valence electrons. The van der Waals surface area contributed by atoms with Crippen molar-refractivity contribution in [1.82, 2.24) is 20.1 Å². The number of carbonyl (C=O) groups excluding carboxylic acids is 1. The average Bonchev–Trinajstić information content (AvgIpc) is 3.05. The van der Waals surface area contributed by atoms with Crippen LogP contribution in [0.25, 0.3) is 23.0 Å². The van der Waals surface area contributed by atoms with Crippen molar-refractivity contribution < 1.29 is 9.32 Å². The fraction of sp³-hybridized carbons (Fsp3) is 0.188. The van der Waals surface area contributed by atoms with Crippen LogP contribution in [0.1, 0.15) is 35.9 Å². The van der Waals surface area contributed by atoms with Gasteiger partial charge in [0.15, 0.2) is 5.69 Å². The molecular formula is C16H14ClN5O2. The average molecular weight is 344 g/mol. The van der Waals surface area contributed by atoms with Crippen LogP contribution in [-0.2, 0) is 0 Å². The molecule has 8 heteroatoms. The molecule has 0 fully saturated rings. The van der Waals surface area contributed by atoms with Crippen molar-refractivity contribution in [1.29, 1.82) is 0 Å². The van der Waals surface area contributed by atoms with E-state index >= 15 is 0 Å². The predicted molar refractivity (Wildman–Crippen MR) is 88.4 cm³/mol. The molecule has 0 saturated carbocycles. The molecule has 3 aromatic rings. The van der Waals surface area contributed by atoms with Crippen LogP contribution < -0.4 is 5.73 Å². The van der Waals surface area contributed by atoms with Crippen LogP contribution in [0.3, 0.4) is 0 Å². The van der Waals surface area contributed by atoms with E-state index < -0.39 is 5.91 Å². The van der Waals surface area contributed by atoms with Gasteiger partial charge in [0.1, 0.15) is 5.82 Å². The van der Waals surface area contributed by atoms with Crippen LogP contribution in [0.5, 0.6) is 0 Å². The SMILES string of the molecule is CC(C)c1ncc(Cl)c(-c2nc(-c3ccc(C(N)=O)cc3)no2)n1. The summed E-state index contributed by atoms with van der Waals surface area (Å²) < 4.78 is 5.27. The van der Waals surface area contributed by atoms with Crippen LogP contribution in [0, 0.1) is 0 Å². The molecule has 24 heavy (non-hydrogen) atoms. The van der Waals surface area contributed by atoms with Gasteiger partial charge < -0.3 is 10.3 Å². The predicted octanol–water partition coefficient (Wildman–Crippen LogP) is 3.07. The Morgan fingerprint density at radius 2 is 1.92 bits per heavy atom. The van der Waals surface area contributed by atoms with E-state index in [1.807, 2.05) is 13.8 Å². The van der Waals surface area contributed by atoms with Crippen molar-refractivity contribution in [3.8, 4) is 23.0 Å². The van der Waals surface area contributed by atoms with Crippen LogP contribution in [-0.4, -0.2) is 26.0 Å². The molecule has 7 nitrogen and oxygen atoms in total. The highest BCUT2D eigenvalue weighted by Gasteiger charge is 2.17. The summed E-state index contributed by atoms with van der Waals surface area (Å²) in [4.78, 5) is 24.0. The van der Waals surface area contributed by atoms with Crippen molar-refractivity contribution in [2.45, 2.75) is 19.8 Å². The minimum Gasteiger partial charge on any atom is -0.366 e. The second-order valence-electron chi connectivity index (χ2n) is 5.44. The third-order valence-corrected chi connectivity index (χ3v) is 3.61. The Morgan fingerprint density at radius 3 is 2.54 bits per heavy atom. The molecule has 0 aliphatic heterocycles. The first-order valence-electron chi connectivity index (χ1n) is 7.22. The second-order valence-corrected chi connectivity index (χ2v) is 5.85. The lowest BCUT2D eigenvalue weighted by molar-refractivity contribution is 0.100. The van der Waals surface area contributed by atoms with Gasteiger partial charge in [-0.3, -0.25) is 4.79 Å². The molecule has 1 aromatic carbocycles. The molecule has 0 radical (unpaired) electrons. The summed E-state index contributed by atoms with van der Waals surface area (Å²) in [6, 6.07) is 6.58. The van der Waals surface area contributed by atoms with E-state index in [0.29, 0.717) is 33.5 Å². The van der Waals surface area contributed by atoms with Crippen LogP contribution >= 0.6 is 11.6 Å². The molecule has 0 bridgehead atoms. The number of amides is 1. The Balaban J connectivity index is 1.96. The molecule has 0 aliphatic carbocycles. The van der Waals surface area contributed by atoms with Gasteiger partial charge in [-0.1, -0.05) is 42.7 Å². The van der Waals surface area contributed by atoms with E-state index in [2.05, 4.69) is 20.1 Å². The number of aromatic nitrogens is 4. The van der Waals surface area contributed by atoms with Gasteiger partial charge in [0, 0.05) is 17.0 Å². The van der Waals surface area contributed by atoms with Crippen LogP contribution in [0.4, 0.5) is 0 Å². The minimum atomic E-state index is -0.496. The third-order valence-electron chi connectivity index (χ3n) is 3.34. The summed E-state index contributed by atoms with van der Waals surface area (Å²) >= 11 is 6.14. The number of rotatable bonds is 4. The molecule has 0 spiro atoms. The second kappa shape index (κ2) is 6.37. The van der Waals surface area contributed by atoms with E-state index in [0.717, 1.165) is 0 Å². The zero-order valence-electron chi connectivity index (χ0n) is 13.0. The molecule has 1 amide bonds. The summed E-state index contributed by atoms with van der Waals surface area (Å²) in [6.07, 6.45) is 1.52. The van der Waals surface area contributed by atoms with E-state index in [-0.39, 0.29) is 11.8 Å². The standard InChI is InChI=1S/C16H14ClN5O2/c1-8(2)14-19-7-11(17)12(20-14)16-21-15(22-24-16)10-5-3-9(4-6-10)13(18)23/h3-8H,1-2H3,(H2,18,23). The number of hydrogen-bond donors (Lipinski definition) is 1. The largest absolute Gasteiger partial charge is 0.366 e. The first kappa shape index (κ1) is 16.1. The van der Waals surface area contributed by atoms with Gasteiger partial charge in [-0.2, -0.15) is 4.98 Å². The van der Waals surface area contributed by atoms with E-state index in [9.17, 15) is 4.79 Å². The quantitative estimate of drug-likeness (QED) is 0.779. The summed E-state index contributed by atoms with van der Waals surface area (Å²) in [7, 11) is 0. The molecule has 0 aliphatic rings. The van der Waals surface area contributed by atoms with Gasteiger partial charge >= 0.3 is 0 Å². The van der Waals surface area contributed by atoms with E-state index in [1.165, 1.54) is 6.20 Å². The fourth-order valence-electron chi connectivity index (χ4n) is 2.03. The molecule has 2 heterocycles. The minimum absolute atomic E-state index is 0.143. The maximum atomic E-state index is 11.1. The van der Waals surface area contributed by atoms with E-state index in [1.54, 1.807) is 24.3 Å². The first-order chi connectivity index (χ1) is 11.5. The number of carbonyl (C=O) groups is 1. The number of nitrogens with two attached hydrogens (primary N) is 1. The van der Waals surface area contributed by atoms with Gasteiger partial charge in [0.05, 0.1) is 11.2 Å². The normalized spacial score (nSPS) is 11.0. The summed E-state index contributed by atoms with van der Waals surface area (Å²) in [5, 5.41) is 4.26. The Kier molecular flexibility index (Phi) is 4.26. The van der Waals surface area contributed by atoms with Crippen LogP contribution in [0.15, 0.2) is 35.0 Å². The summed E-state index contributed by atoms with van der Waals surface area (Å²) in [6.45, 7) is 3.96. The maximum absolute atomic E-state index is 11.1. The zero-order valence-corrected chi connectivity index (χ0v) is 13.8. The fourth-order valence-corrected chi connectivity index (χ4v) is 2.20. The zero-order chi connectivity index (χ0) is 17.3. The molecule has 0 atom stereocenters. The number of benzene rings is 1. The van der Waals surface area contributed by atoms with Crippen LogP contribution in [0.2, 0.25) is 5.02 Å². The lowest BCUT2D eigenvalue weighted by Gasteiger charge is -2.04. The van der Waals surface area contributed by atoms with Crippen molar-refractivity contribution in [3.05, 3.63) is 46.9 Å². The van der Waals surface area contributed by atoms with Gasteiger partial charge in [-0.15, -0.1) is 0 Å². The molecule has 0 unspecified atom stereocenters. The van der Waals surface area contributed by atoms with Crippen molar-refractivity contribution in [2.75, 3.05) is 0 Å². The van der Waals surface area contributed by atoms with Gasteiger partial charge in [0.2, 0.25) is 11.7 Å². The van der Waals surface area contributed by atoms with Gasteiger partial charge in [-0.25, -0.2) is 9.97 Å². The monoisotopic (exact) mass is 343 g/mol. The van der Waals surface area contributed by atoms with Crippen molar-refractivity contribution in [2.24, 2.45) is 5.73 Å². The number of nitrogens with zero attached hydrogens (tertiary/aromatic N) is 4. The Labute approximate surface area is 142 Å². The number of hydrogen-bond acceptors (Lipinski definition) is 6. The first-order valence-corrected chi connectivity index (χ1v) is 7.60. The molecule has 3 rings (SSSR count). The Morgan fingerprint density at radius 1 is 1.21 bits per heavy atom. The lowest BCUT2D eigenvalue weighted by atomic mass is 10.1. The smallest absolute Gasteiger partial charge is 0.278 e. The van der Waals surface area contributed by atoms with Crippen molar-refractivity contribution in [3.63, 3.8) is 0 Å². The maximum Gasteiger partial charge on any atom is 0.278 e. The Bertz CT molecular complexity index is 890. The third kappa shape index (κ3) is 3.11. The highest BCUT2D eigenvalue weighted by molar-refractivity contribution is 6.32. The molecule has 0 saturated heterocycles. The summed E-state index contributed by atoms with van der Waals surface area (Å²) in [5.41, 5.74) is 6.70. The number of halogens is 1. The number of primary amides is 1. The highest BCUT2D eigenvalue weighted by atomic mass is 35.5. The van der Waals surface area contributed by atoms with Crippen molar-refractivity contribution >= 4 is 17.5 Å². The van der Waals surface area contributed by atoms with Gasteiger partial charge in [-0.05, 0) is 12.1 Å². The molecule has 2 N–H and O–H groups in total. The topological polar surface area (TPSA) is 108 Å². The molecular weight excluding hydrogens is 330 g/mol. The highest BCUT2D eigenvalue weighted by Crippen LogP contribution is 2.27. The van der Waals surface area contributed by atoms with E-state index in [4.69, 9.17) is 21.9 Å². The Hall–Kier alpha value is -2.80. The summed E-state index contributed by atoms with van der Waals surface area (Å²) in [5.74, 6) is 0.856. The lowest BCUT2D eigenvalue weighted by Crippen LogP contribution is -2.10. The van der Waals surface area contributed by atoms with Gasteiger partial charge in [0.25, 0.3) is 5.89 Å².